The molecule has 0 atom stereocenters. The average molecular weight is 433 g/mol. The number of esters is 1. The van der Waals surface area contributed by atoms with Crippen LogP contribution in [0.3, 0.4) is 0 Å². The van der Waals surface area contributed by atoms with E-state index in [0.717, 1.165) is 13.0 Å². The van der Waals surface area contributed by atoms with E-state index in [2.05, 4.69) is 6.92 Å². The molecule has 30 heavy (non-hydrogen) atoms. The van der Waals surface area contributed by atoms with Crippen molar-refractivity contribution in [1.82, 2.24) is 0 Å². The molecule has 0 spiro atoms. The number of rotatable bonds is 24. The van der Waals surface area contributed by atoms with E-state index in [4.69, 9.17) is 23.7 Å². The molecule has 0 radical (unpaired) electrons. The van der Waals surface area contributed by atoms with Crippen LogP contribution in [0, 0.1) is 0 Å². The van der Waals surface area contributed by atoms with Crippen LogP contribution in [0.25, 0.3) is 0 Å². The van der Waals surface area contributed by atoms with Gasteiger partial charge in [0.15, 0.2) is 0 Å². The molecular weight excluding hydrogens is 384 g/mol. The van der Waals surface area contributed by atoms with Gasteiger partial charge in [0.25, 0.3) is 0 Å². The van der Waals surface area contributed by atoms with Gasteiger partial charge in [-0.15, -0.1) is 0 Å². The second-order valence-electron chi connectivity index (χ2n) is 7.92. The van der Waals surface area contributed by atoms with E-state index in [-0.39, 0.29) is 12.1 Å². The van der Waals surface area contributed by atoms with Gasteiger partial charge in [-0.3, -0.25) is 4.79 Å². The summed E-state index contributed by atoms with van der Waals surface area (Å²) in [7, 11) is 0. The standard InChI is InChI=1S/C24H48O6/c1-4-5-6-7-8-9-10-11-12-15-26-17-19-28-21-22-29-20-18-27-16-13-14-24(25)30-23(2)3/h23H,4-22H2,1-3H3. The fraction of sp³-hybridized carbons (Fsp3) is 0.958. The van der Waals surface area contributed by atoms with Crippen molar-refractivity contribution in [1.29, 1.82) is 0 Å². The van der Waals surface area contributed by atoms with Crippen LogP contribution < -0.4 is 0 Å². The lowest BCUT2D eigenvalue weighted by Crippen LogP contribution is -2.13. The highest BCUT2D eigenvalue weighted by molar-refractivity contribution is 5.69. The molecule has 6 heteroatoms. The van der Waals surface area contributed by atoms with Gasteiger partial charge in [-0.1, -0.05) is 58.3 Å². The van der Waals surface area contributed by atoms with Crippen LogP contribution in [0.1, 0.15) is 91.4 Å². The Balaban J connectivity index is 3.06. The van der Waals surface area contributed by atoms with Gasteiger partial charge in [-0.2, -0.15) is 0 Å². The molecule has 0 saturated carbocycles. The molecule has 0 unspecified atom stereocenters. The monoisotopic (exact) mass is 432 g/mol. The van der Waals surface area contributed by atoms with E-state index >= 15 is 0 Å². The van der Waals surface area contributed by atoms with Gasteiger partial charge < -0.3 is 23.7 Å². The molecule has 180 valence electrons. The SMILES string of the molecule is CCCCCCCCCCCOCCOCCOCCOCCCC(=O)OC(C)C. The molecule has 0 aliphatic carbocycles. The third-order valence-electron chi connectivity index (χ3n) is 4.54. The normalized spacial score (nSPS) is 11.3. The Morgan fingerprint density at radius 2 is 0.967 bits per heavy atom. The number of carbonyl (C=O) groups is 1. The maximum Gasteiger partial charge on any atom is 0.306 e. The first-order valence-corrected chi connectivity index (χ1v) is 12.2. The Kier molecular flexibility index (Phi) is 24.0. The number of hydrogen-bond donors (Lipinski definition) is 0. The lowest BCUT2D eigenvalue weighted by molar-refractivity contribution is -0.147. The van der Waals surface area contributed by atoms with Crippen molar-refractivity contribution >= 4 is 5.97 Å². The number of ether oxygens (including phenoxy) is 5. The van der Waals surface area contributed by atoms with E-state index < -0.39 is 0 Å². The largest absolute Gasteiger partial charge is 0.463 e. The maximum atomic E-state index is 11.3. The van der Waals surface area contributed by atoms with Gasteiger partial charge in [0.1, 0.15) is 0 Å². The van der Waals surface area contributed by atoms with E-state index in [1.165, 1.54) is 51.4 Å². The van der Waals surface area contributed by atoms with Crippen molar-refractivity contribution in [3.05, 3.63) is 0 Å². The van der Waals surface area contributed by atoms with Crippen LogP contribution >= 0.6 is 0 Å². The smallest absolute Gasteiger partial charge is 0.306 e. The first kappa shape index (κ1) is 29.3. The summed E-state index contributed by atoms with van der Waals surface area (Å²) in [6.45, 7) is 10.8. The molecule has 0 aromatic heterocycles. The summed E-state index contributed by atoms with van der Waals surface area (Å²) in [6, 6.07) is 0. The molecular formula is C24H48O6. The van der Waals surface area contributed by atoms with Crippen LogP contribution in [0.15, 0.2) is 0 Å². The van der Waals surface area contributed by atoms with Crippen molar-refractivity contribution in [2.75, 3.05) is 52.9 Å². The summed E-state index contributed by atoms with van der Waals surface area (Å²) in [5.74, 6) is -0.167. The van der Waals surface area contributed by atoms with E-state index in [9.17, 15) is 4.79 Å². The van der Waals surface area contributed by atoms with Gasteiger partial charge in [0, 0.05) is 19.6 Å². The summed E-state index contributed by atoms with van der Waals surface area (Å²) in [6.07, 6.45) is 13.0. The van der Waals surface area contributed by atoms with Crippen LogP contribution in [0.5, 0.6) is 0 Å². The van der Waals surface area contributed by atoms with Crippen molar-refractivity contribution in [3.63, 3.8) is 0 Å². The fourth-order valence-corrected chi connectivity index (χ4v) is 2.92. The van der Waals surface area contributed by atoms with Gasteiger partial charge in [-0.05, 0) is 26.7 Å². The molecule has 0 heterocycles. The zero-order valence-electron chi connectivity index (χ0n) is 20.0. The van der Waals surface area contributed by atoms with Gasteiger partial charge in [0.2, 0.25) is 0 Å². The molecule has 6 nitrogen and oxygen atoms in total. The first-order valence-electron chi connectivity index (χ1n) is 12.2. The van der Waals surface area contributed by atoms with Gasteiger partial charge in [-0.25, -0.2) is 0 Å². The number of hydrogen-bond acceptors (Lipinski definition) is 6. The van der Waals surface area contributed by atoms with Crippen LogP contribution in [0.2, 0.25) is 0 Å². The minimum atomic E-state index is -0.167. The molecule has 0 bridgehead atoms. The summed E-state index contributed by atoms with van der Waals surface area (Å²) in [5.41, 5.74) is 0. The Hall–Kier alpha value is -0.690. The fourth-order valence-electron chi connectivity index (χ4n) is 2.92. The van der Waals surface area contributed by atoms with Crippen LogP contribution in [-0.2, 0) is 28.5 Å². The van der Waals surface area contributed by atoms with Crippen LogP contribution in [0.4, 0.5) is 0 Å². The molecule has 0 aromatic carbocycles. The van der Waals surface area contributed by atoms with Crippen molar-refractivity contribution in [2.24, 2.45) is 0 Å². The minimum absolute atomic E-state index is 0.0553. The summed E-state index contributed by atoms with van der Waals surface area (Å²) in [5, 5.41) is 0. The minimum Gasteiger partial charge on any atom is -0.463 e. The highest BCUT2D eigenvalue weighted by Crippen LogP contribution is 2.09. The maximum absolute atomic E-state index is 11.3. The Morgan fingerprint density at radius 1 is 0.567 bits per heavy atom. The summed E-state index contributed by atoms with van der Waals surface area (Å²) < 4.78 is 27.0. The van der Waals surface area contributed by atoms with E-state index in [1.54, 1.807) is 0 Å². The zero-order chi connectivity index (χ0) is 22.1. The van der Waals surface area contributed by atoms with Crippen molar-refractivity contribution < 1.29 is 28.5 Å². The Labute approximate surface area is 185 Å². The van der Waals surface area contributed by atoms with Crippen molar-refractivity contribution in [2.45, 2.75) is 97.5 Å². The lowest BCUT2D eigenvalue weighted by atomic mass is 10.1. The van der Waals surface area contributed by atoms with E-state index in [1.807, 2.05) is 13.8 Å². The highest BCUT2D eigenvalue weighted by atomic mass is 16.6. The number of unbranched alkanes of at least 4 members (excludes halogenated alkanes) is 8. The lowest BCUT2D eigenvalue weighted by Gasteiger charge is -2.08. The second kappa shape index (κ2) is 24.6. The quantitative estimate of drug-likeness (QED) is 0.152. The van der Waals surface area contributed by atoms with Crippen LogP contribution in [-0.4, -0.2) is 64.9 Å². The molecule has 0 aromatic rings. The third kappa shape index (κ3) is 25.3. The second-order valence-corrected chi connectivity index (χ2v) is 7.92. The average Bonchev–Trinajstić information content (AvgIpc) is 2.71. The van der Waals surface area contributed by atoms with Gasteiger partial charge in [0.05, 0.1) is 45.7 Å². The van der Waals surface area contributed by atoms with Crippen molar-refractivity contribution in [3.8, 4) is 0 Å². The highest BCUT2D eigenvalue weighted by Gasteiger charge is 2.04. The molecule has 0 aliphatic heterocycles. The topological polar surface area (TPSA) is 63.2 Å². The molecule has 0 fully saturated rings. The zero-order valence-corrected chi connectivity index (χ0v) is 20.0. The van der Waals surface area contributed by atoms with Gasteiger partial charge >= 0.3 is 5.97 Å². The number of carbonyl (C=O) groups excluding carboxylic acids is 1. The first-order chi connectivity index (χ1) is 14.7. The predicted octanol–water partition coefficient (Wildman–Crippen LogP) is 5.32. The third-order valence-corrected chi connectivity index (χ3v) is 4.54. The molecule has 0 rings (SSSR count). The molecule has 0 aliphatic rings. The molecule has 0 N–H and O–H groups in total. The molecule has 0 saturated heterocycles. The molecule has 0 amide bonds. The Morgan fingerprint density at radius 3 is 1.43 bits per heavy atom. The Bertz CT molecular complexity index is 349. The summed E-state index contributed by atoms with van der Waals surface area (Å²) >= 11 is 0. The van der Waals surface area contributed by atoms with E-state index in [0.29, 0.717) is 59.1 Å². The summed E-state index contributed by atoms with van der Waals surface area (Å²) in [4.78, 5) is 11.3. The predicted molar refractivity (Wildman–Crippen MR) is 121 cm³/mol.